The summed E-state index contributed by atoms with van der Waals surface area (Å²) in [5.41, 5.74) is 2.47. The van der Waals surface area contributed by atoms with E-state index in [4.69, 9.17) is 4.74 Å². The molecule has 130 valence electrons. The Hall–Kier alpha value is -1.73. The van der Waals surface area contributed by atoms with Gasteiger partial charge < -0.3 is 10.1 Å². The zero-order valence-electron chi connectivity index (χ0n) is 14.1. The average molecular weight is 372 g/mol. The molecule has 1 aliphatic heterocycles. The summed E-state index contributed by atoms with van der Waals surface area (Å²) in [4.78, 5) is 8.45. The number of thiophene rings is 1. The quantitative estimate of drug-likeness (QED) is 0.735. The Morgan fingerprint density at radius 2 is 2.24 bits per heavy atom. The number of hydrogen-bond donors (Lipinski definition) is 1. The molecule has 0 saturated carbocycles. The molecule has 1 unspecified atom stereocenters. The number of rotatable bonds is 5. The Balaban J connectivity index is 1.55. The van der Waals surface area contributed by atoms with E-state index in [1.807, 2.05) is 18.3 Å². The van der Waals surface area contributed by atoms with Crippen molar-refractivity contribution >= 4 is 22.7 Å². The second-order valence-corrected chi connectivity index (χ2v) is 7.97. The molecule has 0 bridgehead atoms. The molecule has 1 aliphatic rings. The lowest BCUT2D eigenvalue weighted by Crippen LogP contribution is -2.45. The van der Waals surface area contributed by atoms with Crippen LogP contribution in [0.15, 0.2) is 47.3 Å². The van der Waals surface area contributed by atoms with Gasteiger partial charge in [0.2, 0.25) is 0 Å². The summed E-state index contributed by atoms with van der Waals surface area (Å²) < 4.78 is 5.59. The van der Waals surface area contributed by atoms with E-state index in [1.54, 1.807) is 29.8 Å². The molecule has 3 heterocycles. The minimum absolute atomic E-state index is 0.316. The number of hydrogen-bond acceptors (Lipinski definition) is 6. The van der Waals surface area contributed by atoms with E-state index in [1.165, 1.54) is 16.0 Å². The van der Waals surface area contributed by atoms with Crippen LogP contribution in [0.25, 0.3) is 10.6 Å². The van der Waals surface area contributed by atoms with Gasteiger partial charge in [-0.2, -0.15) is 11.3 Å². The Morgan fingerprint density at radius 1 is 1.32 bits per heavy atom. The van der Waals surface area contributed by atoms with Crippen molar-refractivity contribution in [1.82, 2.24) is 15.2 Å². The molecule has 0 amide bonds. The summed E-state index contributed by atoms with van der Waals surface area (Å²) >= 11 is 3.51. The SMILES string of the molecule is COc1ccccc1C1CNCCN1Cc1cnc(-c2ccsc2)s1. The molecule has 0 aliphatic carbocycles. The van der Waals surface area contributed by atoms with Crippen LogP contribution in [0.1, 0.15) is 16.5 Å². The molecule has 25 heavy (non-hydrogen) atoms. The average Bonchev–Trinajstić information content (AvgIpc) is 3.34. The maximum absolute atomic E-state index is 5.59. The van der Waals surface area contributed by atoms with Gasteiger partial charge in [0, 0.05) is 53.8 Å². The van der Waals surface area contributed by atoms with Crippen LogP contribution in [0.5, 0.6) is 5.75 Å². The van der Waals surface area contributed by atoms with E-state index in [2.05, 4.69) is 44.2 Å². The molecule has 1 fully saturated rings. The number of aromatic nitrogens is 1. The van der Waals surface area contributed by atoms with Crippen molar-refractivity contribution in [2.45, 2.75) is 12.6 Å². The minimum Gasteiger partial charge on any atom is -0.496 e. The van der Waals surface area contributed by atoms with Crippen LogP contribution in [0.4, 0.5) is 0 Å². The molecule has 0 spiro atoms. The zero-order valence-corrected chi connectivity index (χ0v) is 15.8. The van der Waals surface area contributed by atoms with Crippen molar-refractivity contribution < 1.29 is 4.74 Å². The molecule has 2 aromatic heterocycles. The highest BCUT2D eigenvalue weighted by atomic mass is 32.1. The zero-order chi connectivity index (χ0) is 17.1. The normalized spacial score (nSPS) is 18.4. The first-order chi connectivity index (χ1) is 12.3. The Bertz CT molecular complexity index is 816. The summed E-state index contributed by atoms with van der Waals surface area (Å²) in [6.07, 6.45) is 2.03. The van der Waals surface area contributed by atoms with E-state index < -0.39 is 0 Å². The van der Waals surface area contributed by atoms with Gasteiger partial charge in [0.25, 0.3) is 0 Å². The predicted octanol–water partition coefficient (Wildman–Crippen LogP) is 4.03. The van der Waals surface area contributed by atoms with Gasteiger partial charge in [-0.25, -0.2) is 4.98 Å². The number of ether oxygens (including phenoxy) is 1. The summed E-state index contributed by atoms with van der Waals surface area (Å²) in [5, 5.41) is 8.89. The van der Waals surface area contributed by atoms with Gasteiger partial charge >= 0.3 is 0 Å². The monoisotopic (exact) mass is 371 g/mol. The number of nitrogens with one attached hydrogen (secondary N) is 1. The molecular weight excluding hydrogens is 350 g/mol. The van der Waals surface area contributed by atoms with Gasteiger partial charge in [-0.05, 0) is 17.5 Å². The van der Waals surface area contributed by atoms with Crippen LogP contribution in [0, 0.1) is 0 Å². The van der Waals surface area contributed by atoms with E-state index in [0.717, 1.165) is 36.9 Å². The number of methoxy groups -OCH3 is 1. The maximum atomic E-state index is 5.59. The maximum Gasteiger partial charge on any atom is 0.124 e. The molecule has 6 heteroatoms. The van der Waals surface area contributed by atoms with Gasteiger partial charge in [0.05, 0.1) is 13.2 Å². The number of para-hydroxylation sites is 1. The third kappa shape index (κ3) is 3.62. The molecule has 0 radical (unpaired) electrons. The van der Waals surface area contributed by atoms with E-state index in [-0.39, 0.29) is 0 Å². The van der Waals surface area contributed by atoms with Crippen molar-refractivity contribution in [1.29, 1.82) is 0 Å². The number of nitrogens with zero attached hydrogens (tertiary/aromatic N) is 2. The molecule has 4 rings (SSSR count). The fourth-order valence-corrected chi connectivity index (χ4v) is 4.93. The van der Waals surface area contributed by atoms with Gasteiger partial charge in [-0.1, -0.05) is 18.2 Å². The van der Waals surface area contributed by atoms with Crippen LogP contribution >= 0.6 is 22.7 Å². The summed E-state index contributed by atoms with van der Waals surface area (Å²) in [7, 11) is 1.75. The molecule has 1 N–H and O–H groups in total. The fraction of sp³-hybridized carbons (Fsp3) is 0.316. The number of thiazole rings is 1. The largest absolute Gasteiger partial charge is 0.496 e. The first-order valence-electron chi connectivity index (χ1n) is 8.40. The molecule has 1 saturated heterocycles. The van der Waals surface area contributed by atoms with Gasteiger partial charge in [-0.15, -0.1) is 11.3 Å². The second kappa shape index (κ2) is 7.66. The fourth-order valence-electron chi connectivity index (χ4n) is 3.28. The van der Waals surface area contributed by atoms with Crippen LogP contribution in [-0.4, -0.2) is 36.6 Å². The van der Waals surface area contributed by atoms with Crippen molar-refractivity contribution in [2.24, 2.45) is 0 Å². The smallest absolute Gasteiger partial charge is 0.124 e. The van der Waals surface area contributed by atoms with Crippen molar-refractivity contribution in [3.63, 3.8) is 0 Å². The Labute approximate surface area is 156 Å². The first-order valence-corrected chi connectivity index (χ1v) is 10.2. The first kappa shape index (κ1) is 16.7. The Morgan fingerprint density at radius 3 is 3.08 bits per heavy atom. The lowest BCUT2D eigenvalue weighted by molar-refractivity contribution is 0.152. The summed E-state index contributed by atoms with van der Waals surface area (Å²) in [6.45, 7) is 3.90. The topological polar surface area (TPSA) is 37.4 Å². The van der Waals surface area contributed by atoms with Crippen molar-refractivity contribution in [3.8, 4) is 16.3 Å². The van der Waals surface area contributed by atoms with Gasteiger partial charge in [0.1, 0.15) is 10.8 Å². The van der Waals surface area contributed by atoms with Gasteiger partial charge in [-0.3, -0.25) is 4.90 Å². The molecule has 4 nitrogen and oxygen atoms in total. The summed E-state index contributed by atoms with van der Waals surface area (Å²) in [6, 6.07) is 10.8. The van der Waals surface area contributed by atoms with E-state index in [0.29, 0.717) is 6.04 Å². The standard InChI is InChI=1S/C19H21N3OS2/c1-23-18-5-3-2-4-16(18)17-11-20-7-8-22(17)12-15-10-21-19(25-15)14-6-9-24-13-14/h2-6,9-10,13,17,20H,7-8,11-12H2,1H3. The lowest BCUT2D eigenvalue weighted by Gasteiger charge is -2.36. The second-order valence-electron chi connectivity index (χ2n) is 6.08. The lowest BCUT2D eigenvalue weighted by atomic mass is 10.0. The highest BCUT2D eigenvalue weighted by molar-refractivity contribution is 7.15. The van der Waals surface area contributed by atoms with Gasteiger partial charge in [0.15, 0.2) is 0 Å². The van der Waals surface area contributed by atoms with Crippen LogP contribution in [-0.2, 0) is 6.54 Å². The predicted molar refractivity (Wildman–Crippen MR) is 104 cm³/mol. The van der Waals surface area contributed by atoms with Crippen LogP contribution in [0.2, 0.25) is 0 Å². The Kier molecular flexibility index (Phi) is 5.12. The molecule has 3 aromatic rings. The minimum atomic E-state index is 0.316. The van der Waals surface area contributed by atoms with Crippen LogP contribution in [0.3, 0.4) is 0 Å². The number of piperazine rings is 1. The van der Waals surface area contributed by atoms with Crippen LogP contribution < -0.4 is 10.1 Å². The van der Waals surface area contributed by atoms with E-state index in [9.17, 15) is 0 Å². The van der Waals surface area contributed by atoms with E-state index >= 15 is 0 Å². The summed E-state index contributed by atoms with van der Waals surface area (Å²) in [5.74, 6) is 0.962. The third-order valence-corrected chi connectivity index (χ3v) is 6.25. The number of benzene rings is 1. The highest BCUT2D eigenvalue weighted by Gasteiger charge is 2.26. The molecular formula is C19H21N3OS2. The molecule has 1 atom stereocenters. The van der Waals surface area contributed by atoms with Crippen molar-refractivity contribution in [2.75, 3.05) is 26.7 Å². The van der Waals surface area contributed by atoms with Crippen molar-refractivity contribution in [3.05, 3.63) is 57.7 Å². The third-order valence-electron chi connectivity index (χ3n) is 4.53. The molecule has 1 aromatic carbocycles. The highest BCUT2D eigenvalue weighted by Crippen LogP contribution is 2.33.